The third-order valence-electron chi connectivity index (χ3n) is 5.76. The molecule has 1 heterocycles. The van der Waals surface area contributed by atoms with E-state index in [-0.39, 0.29) is 11.4 Å². The number of hydrogen-bond acceptors (Lipinski definition) is 1. The zero-order valence-electron chi connectivity index (χ0n) is 16.4. The summed E-state index contributed by atoms with van der Waals surface area (Å²) in [6.07, 6.45) is 0.955. The van der Waals surface area contributed by atoms with Crippen molar-refractivity contribution in [1.29, 1.82) is 0 Å². The van der Waals surface area contributed by atoms with Crippen LogP contribution in [0.3, 0.4) is 0 Å². The number of fused-ring (bicyclic) bond motifs is 1. The van der Waals surface area contributed by atoms with Crippen LogP contribution in [-0.2, 0) is 11.3 Å². The summed E-state index contributed by atoms with van der Waals surface area (Å²) >= 11 is 0. The lowest BCUT2D eigenvalue weighted by atomic mass is 10.0. The summed E-state index contributed by atoms with van der Waals surface area (Å²) in [5.74, 6) is 0.185. The van der Waals surface area contributed by atoms with Gasteiger partial charge in [-0.1, -0.05) is 49.4 Å². The number of rotatable bonds is 6. The molecule has 2 aromatic rings. The van der Waals surface area contributed by atoms with Crippen LogP contribution < -0.4 is 15.1 Å². The second-order valence-electron chi connectivity index (χ2n) is 8.28. The van der Waals surface area contributed by atoms with Gasteiger partial charge in [0.15, 0.2) is 6.54 Å². The van der Waals surface area contributed by atoms with Crippen molar-refractivity contribution in [3.63, 3.8) is 0 Å². The Labute approximate surface area is 157 Å². The highest BCUT2D eigenvalue weighted by Crippen LogP contribution is 2.17. The van der Waals surface area contributed by atoms with Gasteiger partial charge in [-0.05, 0) is 31.0 Å². The minimum absolute atomic E-state index is 0.0992. The molecule has 26 heavy (non-hydrogen) atoms. The fourth-order valence-corrected chi connectivity index (χ4v) is 3.76. The zero-order valence-corrected chi connectivity index (χ0v) is 16.4. The van der Waals surface area contributed by atoms with Gasteiger partial charge in [-0.25, -0.2) is 0 Å². The van der Waals surface area contributed by atoms with Crippen LogP contribution in [0.2, 0.25) is 0 Å². The van der Waals surface area contributed by atoms with E-state index in [9.17, 15) is 4.79 Å². The maximum absolute atomic E-state index is 12.3. The van der Waals surface area contributed by atoms with Gasteiger partial charge in [0.05, 0.1) is 0 Å². The monoisotopic (exact) mass is 355 g/mol. The lowest BCUT2D eigenvalue weighted by molar-refractivity contribution is -1.02. The predicted octanol–water partition coefficient (Wildman–Crippen LogP) is 0.428. The predicted molar refractivity (Wildman–Crippen MR) is 106 cm³/mol. The van der Waals surface area contributed by atoms with E-state index in [1.54, 1.807) is 4.90 Å². The van der Waals surface area contributed by atoms with Gasteiger partial charge in [0.2, 0.25) is 0 Å². The van der Waals surface area contributed by atoms with E-state index in [0.717, 1.165) is 39.1 Å². The number of nitrogens with one attached hydrogen (secondary N) is 3. The van der Waals surface area contributed by atoms with Gasteiger partial charge in [0, 0.05) is 11.1 Å². The number of piperazine rings is 1. The number of carbonyl (C=O) groups excluding carboxylic acids is 1. The molecule has 1 saturated heterocycles. The van der Waals surface area contributed by atoms with E-state index in [0.29, 0.717) is 6.54 Å². The molecule has 1 amide bonds. The SMILES string of the molecule is CCC(C)(C)NC(=O)C[NH+]1CC[NH+](Cc2cccc3ccccc23)CC1. The highest BCUT2D eigenvalue weighted by atomic mass is 16.2. The van der Waals surface area contributed by atoms with Crippen LogP contribution >= 0.6 is 0 Å². The molecule has 0 saturated carbocycles. The number of benzene rings is 2. The zero-order chi connectivity index (χ0) is 18.6. The maximum Gasteiger partial charge on any atom is 0.275 e. The van der Waals surface area contributed by atoms with Crippen molar-refractivity contribution >= 4 is 16.7 Å². The molecule has 1 aliphatic rings. The van der Waals surface area contributed by atoms with Crippen LogP contribution in [0, 0.1) is 0 Å². The Morgan fingerprint density at radius 2 is 1.65 bits per heavy atom. The smallest absolute Gasteiger partial charge is 0.275 e. The Bertz CT molecular complexity index is 743. The second kappa shape index (κ2) is 8.19. The average molecular weight is 356 g/mol. The number of amides is 1. The van der Waals surface area contributed by atoms with Gasteiger partial charge in [0.1, 0.15) is 32.7 Å². The van der Waals surface area contributed by atoms with Crippen molar-refractivity contribution in [3.8, 4) is 0 Å². The van der Waals surface area contributed by atoms with E-state index in [2.05, 4.69) is 68.6 Å². The van der Waals surface area contributed by atoms with E-state index in [4.69, 9.17) is 0 Å². The lowest BCUT2D eigenvalue weighted by Gasteiger charge is -2.31. The minimum Gasteiger partial charge on any atom is -0.346 e. The molecule has 0 bridgehead atoms. The molecular weight excluding hydrogens is 322 g/mol. The van der Waals surface area contributed by atoms with E-state index < -0.39 is 0 Å². The van der Waals surface area contributed by atoms with Crippen molar-refractivity contribution in [3.05, 3.63) is 48.0 Å². The van der Waals surface area contributed by atoms with E-state index in [1.165, 1.54) is 21.2 Å². The molecule has 0 aliphatic carbocycles. The van der Waals surface area contributed by atoms with Crippen molar-refractivity contribution < 1.29 is 14.6 Å². The molecule has 4 nitrogen and oxygen atoms in total. The summed E-state index contributed by atoms with van der Waals surface area (Å²) in [6, 6.07) is 15.3. The molecule has 0 spiro atoms. The lowest BCUT2D eigenvalue weighted by Crippen LogP contribution is -3.28. The maximum atomic E-state index is 12.3. The van der Waals surface area contributed by atoms with E-state index in [1.807, 2.05) is 0 Å². The molecule has 1 fully saturated rings. The molecular formula is C22H33N3O+2. The highest BCUT2D eigenvalue weighted by molar-refractivity contribution is 5.85. The molecule has 0 unspecified atom stereocenters. The molecule has 2 aromatic carbocycles. The van der Waals surface area contributed by atoms with Crippen LogP contribution in [0.4, 0.5) is 0 Å². The summed E-state index contributed by atoms with van der Waals surface area (Å²) in [5, 5.41) is 5.85. The average Bonchev–Trinajstić information content (AvgIpc) is 2.63. The largest absolute Gasteiger partial charge is 0.346 e. The third-order valence-corrected chi connectivity index (χ3v) is 5.76. The number of hydrogen-bond donors (Lipinski definition) is 3. The Hall–Kier alpha value is -1.91. The van der Waals surface area contributed by atoms with Crippen LogP contribution in [0.1, 0.15) is 32.8 Å². The van der Waals surface area contributed by atoms with Crippen LogP contribution in [0.5, 0.6) is 0 Å². The van der Waals surface area contributed by atoms with Crippen LogP contribution in [0.25, 0.3) is 10.8 Å². The highest BCUT2D eigenvalue weighted by Gasteiger charge is 2.27. The van der Waals surface area contributed by atoms with E-state index >= 15 is 0 Å². The van der Waals surface area contributed by atoms with Crippen LogP contribution in [-0.4, -0.2) is 44.2 Å². The van der Waals surface area contributed by atoms with Crippen molar-refractivity contribution in [1.82, 2.24) is 5.32 Å². The fourth-order valence-electron chi connectivity index (χ4n) is 3.76. The quantitative estimate of drug-likeness (QED) is 0.691. The van der Waals surface area contributed by atoms with Crippen molar-refractivity contribution in [2.24, 2.45) is 0 Å². The third kappa shape index (κ3) is 4.83. The Balaban J connectivity index is 1.52. The summed E-state index contributed by atoms with van der Waals surface area (Å²) in [7, 11) is 0. The molecule has 1 aliphatic heterocycles. The summed E-state index contributed by atoms with van der Waals surface area (Å²) in [5.41, 5.74) is 1.34. The molecule has 3 N–H and O–H groups in total. The van der Waals surface area contributed by atoms with Gasteiger partial charge in [-0.3, -0.25) is 4.79 Å². The fraction of sp³-hybridized carbons (Fsp3) is 0.500. The Kier molecular flexibility index (Phi) is 5.94. The normalized spacial score (nSPS) is 20.9. The molecule has 0 radical (unpaired) electrons. The van der Waals surface area contributed by atoms with Gasteiger partial charge in [0.25, 0.3) is 5.91 Å². The Morgan fingerprint density at radius 3 is 2.38 bits per heavy atom. The second-order valence-corrected chi connectivity index (χ2v) is 8.28. The van der Waals surface area contributed by atoms with Crippen LogP contribution in [0.15, 0.2) is 42.5 Å². The first-order chi connectivity index (χ1) is 12.5. The van der Waals surface area contributed by atoms with Crippen molar-refractivity contribution in [2.45, 2.75) is 39.3 Å². The summed E-state index contributed by atoms with van der Waals surface area (Å²) < 4.78 is 0. The van der Waals surface area contributed by atoms with Gasteiger partial charge >= 0.3 is 0 Å². The van der Waals surface area contributed by atoms with Gasteiger partial charge < -0.3 is 15.1 Å². The number of quaternary nitrogens is 2. The first-order valence-corrected chi connectivity index (χ1v) is 9.91. The number of carbonyl (C=O) groups is 1. The molecule has 0 atom stereocenters. The molecule has 3 rings (SSSR count). The topological polar surface area (TPSA) is 38.0 Å². The molecule has 140 valence electrons. The Morgan fingerprint density at radius 1 is 1.00 bits per heavy atom. The van der Waals surface area contributed by atoms with Gasteiger partial charge in [-0.2, -0.15) is 0 Å². The molecule has 0 aromatic heterocycles. The summed E-state index contributed by atoms with van der Waals surface area (Å²) in [4.78, 5) is 15.3. The standard InChI is InChI=1S/C22H31N3O/c1-4-22(2,3)23-21(26)17-25-14-12-24(13-15-25)16-19-10-7-9-18-8-5-6-11-20(18)19/h5-11H,4,12-17H2,1-3H3,(H,23,26)/p+2. The van der Waals surface area contributed by atoms with Crippen molar-refractivity contribution in [2.75, 3.05) is 32.7 Å². The first kappa shape index (κ1) is 18.9. The minimum atomic E-state index is -0.0992. The first-order valence-electron chi connectivity index (χ1n) is 9.91. The van der Waals surface area contributed by atoms with Gasteiger partial charge in [-0.15, -0.1) is 0 Å². The molecule has 4 heteroatoms. The summed E-state index contributed by atoms with van der Waals surface area (Å²) in [6.45, 7) is 12.4.